The predicted octanol–water partition coefficient (Wildman–Crippen LogP) is 1.46. The number of nitrogens with zero attached hydrogens (tertiary/aromatic N) is 2. The molecule has 0 spiro atoms. The maximum atomic E-state index is 12.7. The molecule has 0 unspecified atom stereocenters. The molecule has 1 aromatic rings. The third-order valence-corrected chi connectivity index (χ3v) is 2.14. The molecule has 2 rings (SSSR count). The second-order valence-corrected chi connectivity index (χ2v) is 3.16. The monoisotopic (exact) mass is 207 g/mol. The van der Waals surface area contributed by atoms with Crippen LogP contribution < -0.4 is 10.7 Å². The van der Waals surface area contributed by atoms with E-state index in [2.05, 4.69) is 0 Å². The second-order valence-electron chi connectivity index (χ2n) is 3.16. The molecule has 1 aromatic carbocycles. The number of hydrogen-bond acceptors (Lipinski definition) is 2. The van der Waals surface area contributed by atoms with Gasteiger partial charge in [0.05, 0.1) is 0 Å². The summed E-state index contributed by atoms with van der Waals surface area (Å²) in [6, 6.07) is 5.37. The van der Waals surface area contributed by atoms with E-state index in [1.165, 1.54) is 23.2 Å². The summed E-state index contributed by atoms with van der Waals surface area (Å²) in [5.41, 5.74) is 0.626. The standard InChI is InChI=1S/C10H10FN3O/c11-8-2-4-9(5-3-8)13-6-1-7-14(12)10(13)15/h1-5,7H,6,12H2. The summed E-state index contributed by atoms with van der Waals surface area (Å²) >= 11 is 0. The minimum atomic E-state index is -0.330. The van der Waals surface area contributed by atoms with E-state index in [1.807, 2.05) is 0 Å². The topological polar surface area (TPSA) is 49.6 Å². The molecule has 1 aliphatic heterocycles. The highest BCUT2D eigenvalue weighted by atomic mass is 19.1. The van der Waals surface area contributed by atoms with Crippen LogP contribution in [-0.2, 0) is 0 Å². The van der Waals surface area contributed by atoms with Gasteiger partial charge in [-0.3, -0.25) is 4.90 Å². The van der Waals surface area contributed by atoms with E-state index in [-0.39, 0.29) is 11.8 Å². The highest BCUT2D eigenvalue weighted by Gasteiger charge is 2.20. The SMILES string of the molecule is NN1C=CCN(c2ccc(F)cc2)C1=O. The van der Waals surface area contributed by atoms with Crippen molar-refractivity contribution in [1.29, 1.82) is 0 Å². The molecule has 1 heterocycles. The van der Waals surface area contributed by atoms with Gasteiger partial charge < -0.3 is 0 Å². The summed E-state index contributed by atoms with van der Waals surface area (Å²) in [6.45, 7) is 0.443. The number of halogens is 1. The van der Waals surface area contributed by atoms with Crippen LogP contribution in [0.5, 0.6) is 0 Å². The first kappa shape index (κ1) is 9.67. The second kappa shape index (κ2) is 3.70. The summed E-state index contributed by atoms with van der Waals surface area (Å²) in [4.78, 5) is 13.1. The van der Waals surface area contributed by atoms with Gasteiger partial charge in [0.1, 0.15) is 5.82 Å². The number of amides is 2. The number of urea groups is 1. The average molecular weight is 207 g/mol. The van der Waals surface area contributed by atoms with Gasteiger partial charge in [0.2, 0.25) is 0 Å². The molecule has 0 bridgehead atoms. The van der Waals surface area contributed by atoms with Crippen LogP contribution in [0, 0.1) is 5.82 Å². The summed E-state index contributed by atoms with van der Waals surface area (Å²) < 4.78 is 12.7. The zero-order chi connectivity index (χ0) is 10.8. The Morgan fingerprint density at radius 2 is 1.93 bits per heavy atom. The quantitative estimate of drug-likeness (QED) is 0.559. The van der Waals surface area contributed by atoms with E-state index in [0.717, 1.165) is 5.01 Å². The molecule has 5 heteroatoms. The molecule has 0 fully saturated rings. The molecule has 0 atom stereocenters. The van der Waals surface area contributed by atoms with E-state index in [4.69, 9.17) is 5.84 Å². The average Bonchev–Trinajstić information content (AvgIpc) is 2.24. The third-order valence-electron chi connectivity index (χ3n) is 2.14. The Balaban J connectivity index is 2.28. The Morgan fingerprint density at radius 1 is 1.27 bits per heavy atom. The Hall–Kier alpha value is -1.88. The van der Waals surface area contributed by atoms with Gasteiger partial charge in [0.25, 0.3) is 0 Å². The Labute approximate surface area is 86.4 Å². The van der Waals surface area contributed by atoms with Gasteiger partial charge in [0.15, 0.2) is 0 Å². The summed E-state index contributed by atoms with van der Waals surface area (Å²) in [6.07, 6.45) is 3.26. The van der Waals surface area contributed by atoms with E-state index in [1.54, 1.807) is 18.2 Å². The van der Waals surface area contributed by atoms with Gasteiger partial charge in [-0.15, -0.1) is 0 Å². The van der Waals surface area contributed by atoms with Crippen LogP contribution in [0.3, 0.4) is 0 Å². The van der Waals surface area contributed by atoms with Gasteiger partial charge in [-0.1, -0.05) is 0 Å². The fourth-order valence-electron chi connectivity index (χ4n) is 1.38. The molecule has 0 saturated heterocycles. The molecule has 15 heavy (non-hydrogen) atoms. The number of hydrogen-bond donors (Lipinski definition) is 1. The largest absolute Gasteiger partial charge is 0.343 e. The Morgan fingerprint density at radius 3 is 2.60 bits per heavy atom. The Bertz CT molecular complexity index is 402. The van der Waals surface area contributed by atoms with Crippen molar-refractivity contribution < 1.29 is 9.18 Å². The van der Waals surface area contributed by atoms with Crippen molar-refractivity contribution in [3.8, 4) is 0 Å². The molecule has 4 nitrogen and oxygen atoms in total. The van der Waals surface area contributed by atoms with Gasteiger partial charge >= 0.3 is 6.03 Å². The molecular formula is C10H10FN3O. The highest BCUT2D eigenvalue weighted by molar-refractivity contribution is 5.93. The van der Waals surface area contributed by atoms with Crippen molar-refractivity contribution in [1.82, 2.24) is 5.01 Å². The maximum Gasteiger partial charge on any atom is 0.343 e. The van der Waals surface area contributed by atoms with Crippen molar-refractivity contribution >= 4 is 11.7 Å². The smallest absolute Gasteiger partial charge is 0.289 e. The lowest BCUT2D eigenvalue weighted by atomic mass is 10.2. The molecular weight excluding hydrogens is 197 g/mol. The number of hydrazine groups is 1. The zero-order valence-corrected chi connectivity index (χ0v) is 7.93. The first-order valence-corrected chi connectivity index (χ1v) is 4.46. The maximum absolute atomic E-state index is 12.7. The van der Waals surface area contributed by atoms with Gasteiger partial charge in [-0.2, -0.15) is 0 Å². The van der Waals surface area contributed by atoms with E-state index in [0.29, 0.717) is 12.2 Å². The van der Waals surface area contributed by atoms with E-state index in [9.17, 15) is 9.18 Å². The van der Waals surface area contributed by atoms with E-state index >= 15 is 0 Å². The number of benzene rings is 1. The molecule has 2 amide bonds. The third kappa shape index (κ3) is 1.82. The van der Waals surface area contributed by atoms with E-state index < -0.39 is 0 Å². The predicted molar refractivity (Wildman–Crippen MR) is 54.3 cm³/mol. The van der Waals surface area contributed by atoms with Crippen molar-refractivity contribution in [2.45, 2.75) is 0 Å². The van der Waals surface area contributed by atoms with Gasteiger partial charge in [-0.25, -0.2) is 20.0 Å². The van der Waals surface area contributed by atoms with Crippen molar-refractivity contribution in [3.63, 3.8) is 0 Å². The minimum absolute atomic E-state index is 0.330. The van der Waals surface area contributed by atoms with Gasteiger partial charge in [0, 0.05) is 18.4 Å². The van der Waals surface area contributed by atoms with Crippen molar-refractivity contribution in [3.05, 3.63) is 42.4 Å². The van der Waals surface area contributed by atoms with Crippen LogP contribution in [-0.4, -0.2) is 17.6 Å². The lowest BCUT2D eigenvalue weighted by molar-refractivity contribution is 0.221. The van der Waals surface area contributed by atoms with Crippen LogP contribution in [0.1, 0.15) is 0 Å². The number of carbonyl (C=O) groups is 1. The fourth-order valence-corrected chi connectivity index (χ4v) is 1.38. The molecule has 0 aliphatic carbocycles. The van der Waals surface area contributed by atoms with Crippen molar-refractivity contribution in [2.75, 3.05) is 11.4 Å². The first-order chi connectivity index (χ1) is 7.18. The molecule has 0 saturated carbocycles. The number of anilines is 1. The zero-order valence-electron chi connectivity index (χ0n) is 7.93. The van der Waals surface area contributed by atoms with Crippen LogP contribution in [0.4, 0.5) is 14.9 Å². The lowest BCUT2D eigenvalue weighted by Gasteiger charge is -2.28. The summed E-state index contributed by atoms with van der Waals surface area (Å²) in [7, 11) is 0. The highest BCUT2D eigenvalue weighted by Crippen LogP contribution is 2.17. The number of nitrogens with two attached hydrogens (primary N) is 1. The normalized spacial score (nSPS) is 16.0. The van der Waals surface area contributed by atoms with Crippen LogP contribution in [0.15, 0.2) is 36.5 Å². The molecule has 1 aliphatic rings. The van der Waals surface area contributed by atoms with Crippen LogP contribution in [0.2, 0.25) is 0 Å². The Kier molecular flexibility index (Phi) is 2.39. The van der Waals surface area contributed by atoms with Crippen LogP contribution in [0.25, 0.3) is 0 Å². The fraction of sp³-hybridized carbons (Fsp3) is 0.100. The molecule has 2 N–H and O–H groups in total. The summed E-state index contributed by atoms with van der Waals surface area (Å²) in [5, 5.41) is 0.993. The molecule has 0 radical (unpaired) electrons. The lowest BCUT2D eigenvalue weighted by Crippen LogP contribution is -2.47. The molecule has 0 aromatic heterocycles. The molecule has 78 valence electrons. The van der Waals surface area contributed by atoms with Crippen molar-refractivity contribution in [2.24, 2.45) is 5.84 Å². The first-order valence-electron chi connectivity index (χ1n) is 4.46. The number of rotatable bonds is 1. The minimum Gasteiger partial charge on any atom is -0.289 e. The van der Waals surface area contributed by atoms with Gasteiger partial charge in [-0.05, 0) is 30.3 Å². The van der Waals surface area contributed by atoms with Crippen LogP contribution >= 0.6 is 0 Å². The summed E-state index contributed by atoms with van der Waals surface area (Å²) in [5.74, 6) is 5.09. The number of carbonyl (C=O) groups excluding carboxylic acids is 1.